The number of fused-ring (bicyclic) bond motifs is 1. The number of hydrogen-bond donors (Lipinski definition) is 2. The van der Waals surface area contributed by atoms with Crippen LogP contribution in [-0.2, 0) is 14.4 Å². The van der Waals surface area contributed by atoms with E-state index in [1.54, 1.807) is 24.3 Å². The van der Waals surface area contributed by atoms with Crippen molar-refractivity contribution in [2.75, 3.05) is 22.6 Å². The molecule has 3 amide bonds. The Bertz CT molecular complexity index is 1150. The van der Waals surface area contributed by atoms with Gasteiger partial charge in [-0.05, 0) is 29.7 Å². The van der Waals surface area contributed by atoms with E-state index in [1.165, 1.54) is 18.9 Å². The minimum Gasteiger partial charge on any atom is -0.495 e. The summed E-state index contributed by atoms with van der Waals surface area (Å²) in [5, 5.41) is 7.61. The highest BCUT2D eigenvalue weighted by Crippen LogP contribution is 2.34. The molecule has 7 heteroatoms. The number of anilines is 3. The van der Waals surface area contributed by atoms with Gasteiger partial charge in [0.15, 0.2) is 0 Å². The van der Waals surface area contributed by atoms with Crippen LogP contribution in [0.5, 0.6) is 5.75 Å². The molecule has 1 aliphatic rings. The Morgan fingerprint density at radius 1 is 1.07 bits per heavy atom. The number of nitrogens with zero attached hydrogens (tertiary/aromatic N) is 1. The van der Waals surface area contributed by atoms with Gasteiger partial charge in [-0.25, -0.2) is 4.90 Å². The summed E-state index contributed by atoms with van der Waals surface area (Å²) in [7, 11) is 1.52. The maximum absolute atomic E-state index is 13.2. The second kappa shape index (κ2) is 7.87. The molecule has 30 heavy (non-hydrogen) atoms. The Labute approximate surface area is 173 Å². The quantitative estimate of drug-likeness (QED) is 0.636. The fraction of sp³-hybridized carbons (Fsp3) is 0.174. The molecule has 3 aromatic rings. The first-order valence-electron chi connectivity index (χ1n) is 9.54. The third-order valence-corrected chi connectivity index (χ3v) is 5.00. The van der Waals surface area contributed by atoms with Crippen LogP contribution >= 0.6 is 0 Å². The van der Waals surface area contributed by atoms with Crippen molar-refractivity contribution in [3.63, 3.8) is 0 Å². The Morgan fingerprint density at radius 2 is 1.83 bits per heavy atom. The number of benzene rings is 3. The molecular formula is C23H21N3O4. The number of hydrogen-bond acceptors (Lipinski definition) is 5. The lowest BCUT2D eigenvalue weighted by molar-refractivity contribution is -0.121. The smallest absolute Gasteiger partial charge is 0.256 e. The van der Waals surface area contributed by atoms with E-state index in [0.29, 0.717) is 22.8 Å². The fourth-order valence-electron chi connectivity index (χ4n) is 3.69. The van der Waals surface area contributed by atoms with Crippen LogP contribution in [0.2, 0.25) is 0 Å². The average molecular weight is 403 g/mol. The summed E-state index contributed by atoms with van der Waals surface area (Å²) in [5.74, 6) is -0.303. The van der Waals surface area contributed by atoms with E-state index < -0.39 is 6.04 Å². The predicted molar refractivity (Wildman–Crippen MR) is 116 cm³/mol. The summed E-state index contributed by atoms with van der Waals surface area (Å²) in [6.45, 7) is 1.42. The molecule has 0 saturated carbocycles. The van der Waals surface area contributed by atoms with Crippen molar-refractivity contribution in [2.24, 2.45) is 0 Å². The topological polar surface area (TPSA) is 87.7 Å². The number of imide groups is 1. The van der Waals surface area contributed by atoms with E-state index >= 15 is 0 Å². The van der Waals surface area contributed by atoms with Crippen molar-refractivity contribution >= 4 is 45.6 Å². The molecule has 1 fully saturated rings. The number of rotatable bonds is 5. The maximum Gasteiger partial charge on any atom is 0.256 e. The minimum atomic E-state index is -0.738. The maximum atomic E-state index is 13.2. The second-order valence-electron chi connectivity index (χ2n) is 7.06. The highest BCUT2D eigenvalue weighted by Gasteiger charge is 2.40. The largest absolute Gasteiger partial charge is 0.495 e. The van der Waals surface area contributed by atoms with E-state index in [0.717, 1.165) is 10.8 Å². The van der Waals surface area contributed by atoms with Crippen LogP contribution in [-0.4, -0.2) is 30.9 Å². The highest BCUT2D eigenvalue weighted by molar-refractivity contribution is 6.26. The van der Waals surface area contributed by atoms with Crippen molar-refractivity contribution in [1.29, 1.82) is 0 Å². The molecule has 0 aliphatic carbocycles. The Kier molecular flexibility index (Phi) is 5.10. The number of ether oxygens (including phenoxy) is 1. The van der Waals surface area contributed by atoms with Gasteiger partial charge < -0.3 is 15.4 Å². The van der Waals surface area contributed by atoms with E-state index in [4.69, 9.17) is 4.74 Å². The third-order valence-electron chi connectivity index (χ3n) is 5.00. The number of carbonyl (C=O) groups excluding carboxylic acids is 3. The van der Waals surface area contributed by atoms with Crippen molar-refractivity contribution < 1.29 is 19.1 Å². The average Bonchev–Trinajstić information content (AvgIpc) is 3.00. The fourth-order valence-corrected chi connectivity index (χ4v) is 3.69. The van der Waals surface area contributed by atoms with Gasteiger partial charge in [0, 0.05) is 18.0 Å². The Hall–Kier alpha value is -3.87. The van der Waals surface area contributed by atoms with Crippen LogP contribution in [0.4, 0.5) is 17.1 Å². The minimum absolute atomic E-state index is 0.0234. The summed E-state index contributed by atoms with van der Waals surface area (Å²) in [4.78, 5) is 38.5. The van der Waals surface area contributed by atoms with Crippen molar-refractivity contribution in [1.82, 2.24) is 0 Å². The zero-order chi connectivity index (χ0) is 21.3. The number of amides is 3. The lowest BCUT2D eigenvalue weighted by atomic mass is 10.1. The van der Waals surface area contributed by atoms with Crippen LogP contribution < -0.4 is 20.3 Å². The van der Waals surface area contributed by atoms with Crippen LogP contribution in [0, 0.1) is 0 Å². The van der Waals surface area contributed by atoms with Crippen LogP contribution in [0.1, 0.15) is 13.3 Å². The Morgan fingerprint density at radius 3 is 2.60 bits per heavy atom. The number of methoxy groups -OCH3 is 1. The summed E-state index contributed by atoms with van der Waals surface area (Å²) >= 11 is 0. The standard InChI is InChI=1S/C23H21N3O4/c1-14(27)24-16-10-11-21(30-2)18(12-16)25-19-13-22(28)26(23(19)29)20-9-5-7-15-6-3-4-8-17(15)20/h3-12,19,25H,13H2,1-2H3,(H,24,27)/t19-/m0/s1. The molecule has 152 valence electrons. The van der Waals surface area contributed by atoms with E-state index in [2.05, 4.69) is 10.6 Å². The predicted octanol–water partition coefficient (Wildman–Crippen LogP) is 3.55. The van der Waals surface area contributed by atoms with Gasteiger partial charge >= 0.3 is 0 Å². The van der Waals surface area contributed by atoms with Crippen LogP contribution in [0.25, 0.3) is 10.8 Å². The molecule has 1 heterocycles. The molecule has 0 aromatic heterocycles. The first-order valence-corrected chi connectivity index (χ1v) is 9.54. The molecule has 0 spiro atoms. The van der Waals surface area contributed by atoms with E-state index in [-0.39, 0.29) is 24.1 Å². The zero-order valence-electron chi connectivity index (χ0n) is 16.6. The lowest BCUT2D eigenvalue weighted by Gasteiger charge is -2.19. The van der Waals surface area contributed by atoms with Gasteiger partial charge in [-0.3, -0.25) is 14.4 Å². The van der Waals surface area contributed by atoms with Gasteiger partial charge in [0.05, 0.1) is 24.9 Å². The van der Waals surface area contributed by atoms with Gasteiger partial charge in [-0.1, -0.05) is 36.4 Å². The summed E-state index contributed by atoms with van der Waals surface area (Å²) in [6.07, 6.45) is 0.0234. The molecule has 0 radical (unpaired) electrons. The molecule has 0 bridgehead atoms. The summed E-state index contributed by atoms with van der Waals surface area (Å²) < 4.78 is 5.36. The lowest BCUT2D eigenvalue weighted by Crippen LogP contribution is -2.35. The van der Waals surface area contributed by atoms with Crippen molar-refractivity contribution in [3.8, 4) is 5.75 Å². The molecule has 3 aromatic carbocycles. The molecule has 1 aliphatic heterocycles. The van der Waals surface area contributed by atoms with Gasteiger partial charge in [0.1, 0.15) is 11.8 Å². The van der Waals surface area contributed by atoms with E-state index in [1.807, 2.05) is 36.4 Å². The van der Waals surface area contributed by atoms with Gasteiger partial charge in [0.2, 0.25) is 11.8 Å². The number of nitrogens with one attached hydrogen (secondary N) is 2. The molecule has 7 nitrogen and oxygen atoms in total. The van der Waals surface area contributed by atoms with Crippen LogP contribution in [0.15, 0.2) is 60.7 Å². The molecular weight excluding hydrogens is 382 g/mol. The first kappa shape index (κ1) is 19.4. The van der Waals surface area contributed by atoms with Crippen molar-refractivity contribution in [2.45, 2.75) is 19.4 Å². The van der Waals surface area contributed by atoms with Crippen molar-refractivity contribution in [3.05, 3.63) is 60.7 Å². The summed E-state index contributed by atoms with van der Waals surface area (Å²) in [5.41, 5.74) is 1.66. The normalized spacial score (nSPS) is 16.1. The number of carbonyl (C=O) groups is 3. The van der Waals surface area contributed by atoms with Gasteiger partial charge in [-0.2, -0.15) is 0 Å². The second-order valence-corrected chi connectivity index (χ2v) is 7.06. The van der Waals surface area contributed by atoms with E-state index in [9.17, 15) is 14.4 Å². The highest BCUT2D eigenvalue weighted by atomic mass is 16.5. The van der Waals surface area contributed by atoms with Gasteiger partial charge in [-0.15, -0.1) is 0 Å². The Balaban J connectivity index is 1.64. The monoisotopic (exact) mass is 403 g/mol. The zero-order valence-corrected chi connectivity index (χ0v) is 16.6. The third kappa shape index (κ3) is 3.57. The molecule has 2 N–H and O–H groups in total. The summed E-state index contributed by atoms with van der Waals surface area (Å²) in [6, 6.07) is 17.5. The SMILES string of the molecule is COc1ccc(NC(C)=O)cc1N[C@H]1CC(=O)N(c2cccc3ccccc23)C1=O. The molecule has 4 rings (SSSR count). The van der Waals surface area contributed by atoms with Gasteiger partial charge in [0.25, 0.3) is 5.91 Å². The molecule has 1 saturated heterocycles. The molecule has 1 atom stereocenters. The molecule has 0 unspecified atom stereocenters. The first-order chi connectivity index (χ1) is 14.5. The van der Waals surface area contributed by atoms with Crippen LogP contribution in [0.3, 0.4) is 0 Å².